The minimum Gasteiger partial charge on any atom is -0.466 e. The molecular formula is C22H36O7. The molecule has 0 saturated heterocycles. The molecule has 0 aromatic rings. The molecule has 7 nitrogen and oxygen atoms in total. The van der Waals surface area contributed by atoms with Crippen molar-refractivity contribution >= 4 is 18.1 Å². The van der Waals surface area contributed by atoms with Gasteiger partial charge in [0.2, 0.25) is 6.10 Å². The van der Waals surface area contributed by atoms with E-state index < -0.39 is 30.6 Å². The van der Waals surface area contributed by atoms with Gasteiger partial charge in [0, 0.05) is 0 Å². The topological polar surface area (TPSA) is 88.1 Å². The van der Waals surface area contributed by atoms with E-state index in [4.69, 9.17) is 14.2 Å². The van der Waals surface area contributed by atoms with Crippen molar-refractivity contribution in [1.29, 1.82) is 0 Å². The lowest BCUT2D eigenvalue weighted by Gasteiger charge is -2.15. The van der Waals surface area contributed by atoms with Crippen molar-refractivity contribution in [3.8, 4) is 0 Å². The second kappa shape index (κ2) is 16.6. The van der Waals surface area contributed by atoms with Gasteiger partial charge >= 0.3 is 18.1 Å². The highest BCUT2D eigenvalue weighted by Crippen LogP contribution is 2.13. The van der Waals surface area contributed by atoms with Crippen molar-refractivity contribution in [2.45, 2.75) is 78.7 Å². The Kier molecular flexibility index (Phi) is 15.3. The van der Waals surface area contributed by atoms with E-state index in [-0.39, 0.29) is 6.61 Å². The van der Waals surface area contributed by atoms with Gasteiger partial charge in [-0.05, 0) is 57.9 Å². The van der Waals surface area contributed by atoms with Gasteiger partial charge in [-0.15, -0.1) is 0 Å². The predicted molar refractivity (Wildman–Crippen MR) is 110 cm³/mol. The zero-order valence-corrected chi connectivity index (χ0v) is 18.4. The van der Waals surface area contributed by atoms with E-state index in [9.17, 15) is 14.4 Å². The summed E-state index contributed by atoms with van der Waals surface area (Å²) in [7, 11) is 1.15. The van der Waals surface area contributed by atoms with Crippen LogP contribution in [0.15, 0.2) is 24.0 Å². The standard InChI is InChI=1S/C22H36O7/c1-6-7-8-9-14-28-22(25)29-19(21(24)26-5)16-20(23)27-15-13-18(4)12-10-11-17(2)3/h9,11,14,18-19H,6-8,10,12-13,15-16H2,1-5H3/b14-9-. The summed E-state index contributed by atoms with van der Waals surface area (Å²) < 4.78 is 19.4. The Bertz CT molecular complexity index is 547. The first-order valence-electron chi connectivity index (χ1n) is 10.2. The van der Waals surface area contributed by atoms with Gasteiger partial charge in [-0.2, -0.15) is 0 Å². The number of carbonyl (C=O) groups excluding carboxylic acids is 3. The number of carbonyl (C=O) groups is 3. The Hall–Kier alpha value is -2.31. The molecule has 2 atom stereocenters. The van der Waals surface area contributed by atoms with E-state index in [1.54, 1.807) is 6.08 Å². The Morgan fingerprint density at radius 1 is 1.07 bits per heavy atom. The number of hydrogen-bond donors (Lipinski definition) is 0. The first-order chi connectivity index (χ1) is 13.8. The Morgan fingerprint density at radius 3 is 2.41 bits per heavy atom. The Morgan fingerprint density at radius 2 is 1.79 bits per heavy atom. The van der Waals surface area contributed by atoms with Gasteiger partial charge in [0.15, 0.2) is 0 Å². The van der Waals surface area contributed by atoms with Crippen LogP contribution in [0.2, 0.25) is 0 Å². The van der Waals surface area contributed by atoms with Crippen LogP contribution in [0, 0.1) is 5.92 Å². The van der Waals surface area contributed by atoms with Gasteiger partial charge in [0.05, 0.1) is 26.4 Å². The van der Waals surface area contributed by atoms with Crippen LogP contribution < -0.4 is 0 Å². The molecule has 166 valence electrons. The number of hydrogen-bond acceptors (Lipinski definition) is 7. The van der Waals surface area contributed by atoms with E-state index in [0.29, 0.717) is 5.92 Å². The summed E-state index contributed by atoms with van der Waals surface area (Å²) in [6.45, 7) is 8.51. The molecule has 0 aliphatic carbocycles. The van der Waals surface area contributed by atoms with E-state index >= 15 is 0 Å². The first-order valence-corrected chi connectivity index (χ1v) is 10.2. The monoisotopic (exact) mass is 412 g/mol. The quantitative estimate of drug-likeness (QED) is 0.129. The molecule has 7 heteroatoms. The lowest BCUT2D eigenvalue weighted by atomic mass is 10.0. The molecule has 0 rings (SSSR count). The molecule has 0 fully saturated rings. The summed E-state index contributed by atoms with van der Waals surface area (Å²) in [4.78, 5) is 35.4. The molecular weight excluding hydrogens is 376 g/mol. The Labute approximate surface area is 174 Å². The minimum atomic E-state index is -1.40. The third kappa shape index (κ3) is 15.3. The molecule has 0 aromatic carbocycles. The smallest absolute Gasteiger partial charge is 0.466 e. The number of esters is 2. The molecule has 0 bridgehead atoms. The molecule has 0 heterocycles. The van der Waals surface area contributed by atoms with Crippen molar-refractivity contribution in [3.63, 3.8) is 0 Å². The SMILES string of the molecule is CCCC/C=C\OC(=O)OC(CC(=O)OCCC(C)CCC=C(C)C)C(=O)OC. The van der Waals surface area contributed by atoms with Crippen LogP contribution in [0.25, 0.3) is 0 Å². The van der Waals surface area contributed by atoms with Gasteiger partial charge in [-0.3, -0.25) is 4.79 Å². The average Bonchev–Trinajstić information content (AvgIpc) is 2.66. The van der Waals surface area contributed by atoms with Crippen molar-refractivity contribution in [2.75, 3.05) is 13.7 Å². The number of unbranched alkanes of at least 4 members (excludes halogenated alkanes) is 2. The summed E-state index contributed by atoms with van der Waals surface area (Å²) in [5.41, 5.74) is 1.28. The van der Waals surface area contributed by atoms with Gasteiger partial charge in [0.1, 0.15) is 0 Å². The summed E-state index contributed by atoms with van der Waals surface area (Å²) in [5.74, 6) is -1.08. The van der Waals surface area contributed by atoms with Crippen molar-refractivity contribution in [2.24, 2.45) is 5.92 Å². The number of methoxy groups -OCH3 is 1. The van der Waals surface area contributed by atoms with Gasteiger partial charge in [0.25, 0.3) is 0 Å². The van der Waals surface area contributed by atoms with E-state index in [1.807, 2.05) is 6.92 Å². The molecule has 0 radical (unpaired) electrons. The normalized spacial score (nSPS) is 12.7. The molecule has 0 aliphatic heterocycles. The van der Waals surface area contributed by atoms with Crippen molar-refractivity contribution in [3.05, 3.63) is 24.0 Å². The zero-order chi connectivity index (χ0) is 22.1. The van der Waals surface area contributed by atoms with Crippen LogP contribution in [0.3, 0.4) is 0 Å². The number of allylic oxidation sites excluding steroid dienone is 3. The van der Waals surface area contributed by atoms with E-state index in [1.165, 1.54) is 11.8 Å². The summed E-state index contributed by atoms with van der Waals surface area (Å²) in [6, 6.07) is 0. The highest BCUT2D eigenvalue weighted by Gasteiger charge is 2.28. The van der Waals surface area contributed by atoms with Crippen LogP contribution >= 0.6 is 0 Å². The highest BCUT2D eigenvalue weighted by atomic mass is 16.7. The summed E-state index contributed by atoms with van der Waals surface area (Å²) in [6.07, 6.45) is 7.65. The number of rotatable bonds is 14. The van der Waals surface area contributed by atoms with Crippen LogP contribution in [-0.4, -0.2) is 37.9 Å². The maximum atomic E-state index is 12.0. The molecule has 0 aliphatic rings. The van der Waals surface area contributed by atoms with E-state index in [2.05, 4.69) is 31.6 Å². The largest absolute Gasteiger partial charge is 0.514 e. The molecule has 0 aromatic heterocycles. The lowest BCUT2D eigenvalue weighted by molar-refractivity contribution is -0.159. The van der Waals surface area contributed by atoms with Crippen LogP contribution in [-0.2, 0) is 28.5 Å². The van der Waals surface area contributed by atoms with Crippen molar-refractivity contribution < 1.29 is 33.3 Å². The second-order valence-electron chi connectivity index (χ2n) is 7.19. The third-order valence-electron chi connectivity index (χ3n) is 4.13. The highest BCUT2D eigenvalue weighted by molar-refractivity contribution is 5.83. The minimum absolute atomic E-state index is 0.243. The zero-order valence-electron chi connectivity index (χ0n) is 18.4. The fourth-order valence-electron chi connectivity index (χ4n) is 2.33. The molecule has 0 amide bonds. The fraction of sp³-hybridized carbons (Fsp3) is 0.682. The van der Waals surface area contributed by atoms with Gasteiger partial charge in [-0.25, -0.2) is 9.59 Å². The van der Waals surface area contributed by atoms with Crippen molar-refractivity contribution in [1.82, 2.24) is 0 Å². The second-order valence-corrected chi connectivity index (χ2v) is 7.19. The van der Waals surface area contributed by atoms with Gasteiger partial charge < -0.3 is 18.9 Å². The number of ether oxygens (including phenoxy) is 4. The third-order valence-corrected chi connectivity index (χ3v) is 4.13. The molecule has 0 spiro atoms. The summed E-state index contributed by atoms with van der Waals surface area (Å²) in [5, 5.41) is 0. The molecule has 0 saturated carbocycles. The van der Waals surface area contributed by atoms with E-state index in [0.717, 1.165) is 45.6 Å². The van der Waals surface area contributed by atoms with Crippen LogP contribution in [0.4, 0.5) is 4.79 Å². The molecule has 29 heavy (non-hydrogen) atoms. The van der Waals surface area contributed by atoms with Crippen LogP contribution in [0.5, 0.6) is 0 Å². The Balaban J connectivity index is 4.33. The van der Waals surface area contributed by atoms with Crippen LogP contribution in [0.1, 0.15) is 72.6 Å². The molecule has 0 N–H and O–H groups in total. The maximum Gasteiger partial charge on any atom is 0.514 e. The fourth-order valence-corrected chi connectivity index (χ4v) is 2.33. The van der Waals surface area contributed by atoms with Gasteiger partial charge in [-0.1, -0.05) is 31.9 Å². The average molecular weight is 413 g/mol. The summed E-state index contributed by atoms with van der Waals surface area (Å²) >= 11 is 0. The predicted octanol–water partition coefficient (Wildman–Crippen LogP) is 5.09. The first kappa shape index (κ1) is 26.7. The lowest BCUT2D eigenvalue weighted by Crippen LogP contribution is -2.31. The molecule has 2 unspecified atom stereocenters. The maximum absolute atomic E-state index is 12.0.